The second-order valence-corrected chi connectivity index (χ2v) is 8.97. The van der Waals surface area contributed by atoms with E-state index in [0.29, 0.717) is 5.75 Å². The van der Waals surface area contributed by atoms with E-state index in [9.17, 15) is 14.0 Å². The number of benzene rings is 1. The van der Waals surface area contributed by atoms with Gasteiger partial charge in [0.1, 0.15) is 17.1 Å². The quantitative estimate of drug-likeness (QED) is 0.624. The number of hydrogen-bond donors (Lipinski definition) is 2. The van der Waals surface area contributed by atoms with E-state index in [1.54, 1.807) is 17.8 Å². The summed E-state index contributed by atoms with van der Waals surface area (Å²) < 4.78 is 19.7. The van der Waals surface area contributed by atoms with Gasteiger partial charge >= 0.3 is 0 Å². The Balaban J connectivity index is 1.38. The molecule has 0 saturated heterocycles. The van der Waals surface area contributed by atoms with Crippen LogP contribution in [0.2, 0.25) is 0 Å². The zero-order chi connectivity index (χ0) is 21.8. The molecule has 0 atom stereocenters. The number of thioether (sulfide) groups is 1. The third kappa shape index (κ3) is 5.76. The summed E-state index contributed by atoms with van der Waals surface area (Å²) in [5.41, 5.74) is 0.0683. The SMILES string of the molecule is CSc1cccc(Oc2ncc(F)cc2C(=O)N[C@H]2CC[C@@H](NC(=O)C3CC3)CC2)c1. The summed E-state index contributed by atoms with van der Waals surface area (Å²) in [6.45, 7) is 0. The maximum absolute atomic E-state index is 13.8. The molecule has 2 fully saturated rings. The highest BCUT2D eigenvalue weighted by molar-refractivity contribution is 7.98. The van der Waals surface area contributed by atoms with Gasteiger partial charge in [-0.05, 0) is 69.0 Å². The van der Waals surface area contributed by atoms with Crippen LogP contribution in [0.1, 0.15) is 48.9 Å². The average molecular weight is 444 g/mol. The summed E-state index contributed by atoms with van der Waals surface area (Å²) in [7, 11) is 0. The van der Waals surface area contributed by atoms with Gasteiger partial charge in [-0.15, -0.1) is 11.8 Å². The third-order valence-corrected chi connectivity index (χ3v) is 6.40. The normalized spacial score (nSPS) is 20.7. The van der Waals surface area contributed by atoms with Crippen LogP contribution in [-0.4, -0.2) is 35.1 Å². The van der Waals surface area contributed by atoms with Gasteiger partial charge in [-0.2, -0.15) is 0 Å². The minimum Gasteiger partial charge on any atom is -0.438 e. The molecule has 6 nitrogen and oxygen atoms in total. The van der Waals surface area contributed by atoms with Gasteiger partial charge in [-0.25, -0.2) is 9.37 Å². The topological polar surface area (TPSA) is 80.3 Å². The molecule has 1 aromatic carbocycles. The first-order valence-electron chi connectivity index (χ1n) is 10.6. The summed E-state index contributed by atoms with van der Waals surface area (Å²) in [6.07, 6.45) is 8.13. The van der Waals surface area contributed by atoms with Crippen LogP contribution in [0.3, 0.4) is 0 Å². The number of amides is 2. The zero-order valence-electron chi connectivity index (χ0n) is 17.4. The fourth-order valence-electron chi connectivity index (χ4n) is 3.76. The average Bonchev–Trinajstić information content (AvgIpc) is 3.62. The van der Waals surface area contributed by atoms with Gasteiger partial charge in [0.05, 0.1) is 6.20 Å². The number of pyridine rings is 1. The smallest absolute Gasteiger partial charge is 0.257 e. The Bertz CT molecular complexity index is 959. The molecule has 2 N–H and O–H groups in total. The van der Waals surface area contributed by atoms with Crippen LogP contribution in [0.4, 0.5) is 4.39 Å². The number of aromatic nitrogens is 1. The van der Waals surface area contributed by atoms with Crippen molar-refractivity contribution in [3.63, 3.8) is 0 Å². The van der Waals surface area contributed by atoms with E-state index in [-0.39, 0.29) is 35.4 Å². The van der Waals surface area contributed by atoms with E-state index >= 15 is 0 Å². The van der Waals surface area contributed by atoms with Crippen molar-refractivity contribution in [2.75, 3.05) is 6.26 Å². The summed E-state index contributed by atoms with van der Waals surface area (Å²) in [6, 6.07) is 8.70. The number of carbonyl (C=O) groups is 2. The molecule has 1 aromatic heterocycles. The van der Waals surface area contributed by atoms with Gasteiger partial charge in [-0.1, -0.05) is 6.07 Å². The van der Waals surface area contributed by atoms with E-state index in [1.807, 2.05) is 24.5 Å². The van der Waals surface area contributed by atoms with Crippen molar-refractivity contribution in [1.82, 2.24) is 15.6 Å². The largest absolute Gasteiger partial charge is 0.438 e. The molecule has 2 aromatic rings. The Hall–Kier alpha value is -2.61. The van der Waals surface area contributed by atoms with Crippen molar-refractivity contribution in [2.24, 2.45) is 5.92 Å². The van der Waals surface area contributed by atoms with Gasteiger partial charge in [0.25, 0.3) is 5.91 Å². The molecule has 0 radical (unpaired) electrons. The first-order valence-corrected chi connectivity index (χ1v) is 11.8. The van der Waals surface area contributed by atoms with E-state index in [1.165, 1.54) is 0 Å². The van der Waals surface area contributed by atoms with Crippen LogP contribution in [-0.2, 0) is 4.79 Å². The van der Waals surface area contributed by atoms with Crippen LogP contribution in [0, 0.1) is 11.7 Å². The minimum absolute atomic E-state index is 0.0301. The van der Waals surface area contributed by atoms with Crippen LogP contribution < -0.4 is 15.4 Å². The van der Waals surface area contributed by atoms with Gasteiger partial charge in [0, 0.05) is 22.9 Å². The third-order valence-electron chi connectivity index (χ3n) is 5.68. The lowest BCUT2D eigenvalue weighted by molar-refractivity contribution is -0.123. The molecule has 0 bridgehead atoms. The standard InChI is InChI=1S/C23H26FN3O3S/c1-31-19-4-2-3-18(12-19)30-23-20(11-15(24)13-25-23)22(29)27-17-9-7-16(8-10-17)26-21(28)14-5-6-14/h2-4,11-14,16-17H,5-10H2,1H3,(H,26,28)(H,27,29)/t16-,17+. The summed E-state index contributed by atoms with van der Waals surface area (Å²) >= 11 is 1.57. The van der Waals surface area contributed by atoms with Crippen LogP contribution in [0.25, 0.3) is 0 Å². The zero-order valence-corrected chi connectivity index (χ0v) is 18.2. The summed E-state index contributed by atoms with van der Waals surface area (Å²) in [5.74, 6) is -0.0385. The van der Waals surface area contributed by atoms with Crippen molar-refractivity contribution in [2.45, 2.75) is 55.5 Å². The molecule has 0 aliphatic heterocycles. The first kappa shape index (κ1) is 21.6. The Morgan fingerprint density at radius 3 is 2.45 bits per heavy atom. The number of rotatable bonds is 7. The van der Waals surface area contributed by atoms with Gasteiger partial charge in [0.2, 0.25) is 11.8 Å². The molecule has 2 aliphatic carbocycles. The molecule has 4 rings (SSSR count). The molecule has 2 saturated carbocycles. The van der Waals surface area contributed by atoms with Crippen molar-refractivity contribution < 1.29 is 18.7 Å². The molecule has 164 valence electrons. The second kappa shape index (κ2) is 9.68. The monoisotopic (exact) mass is 443 g/mol. The van der Waals surface area contributed by atoms with Crippen molar-refractivity contribution in [3.8, 4) is 11.6 Å². The molecule has 2 amide bonds. The van der Waals surface area contributed by atoms with Crippen LogP contribution in [0.15, 0.2) is 41.4 Å². The predicted octanol–water partition coefficient (Wildman–Crippen LogP) is 4.30. The Morgan fingerprint density at radius 1 is 1.06 bits per heavy atom. The second-order valence-electron chi connectivity index (χ2n) is 8.09. The lowest BCUT2D eigenvalue weighted by atomic mass is 9.91. The van der Waals surface area contributed by atoms with E-state index < -0.39 is 11.7 Å². The number of carbonyl (C=O) groups excluding carboxylic acids is 2. The number of nitrogens with one attached hydrogen (secondary N) is 2. The van der Waals surface area contributed by atoms with Gasteiger partial charge in [-0.3, -0.25) is 9.59 Å². The molecular formula is C23H26FN3O3S. The fraction of sp³-hybridized carbons (Fsp3) is 0.435. The lowest BCUT2D eigenvalue weighted by Crippen LogP contribution is -2.44. The predicted molar refractivity (Wildman–Crippen MR) is 117 cm³/mol. The molecule has 1 heterocycles. The van der Waals surface area contributed by atoms with E-state index in [0.717, 1.165) is 55.7 Å². The van der Waals surface area contributed by atoms with Crippen molar-refractivity contribution >= 4 is 23.6 Å². The first-order chi connectivity index (χ1) is 15.0. The van der Waals surface area contributed by atoms with Crippen LogP contribution in [0.5, 0.6) is 11.6 Å². The highest BCUT2D eigenvalue weighted by atomic mass is 32.2. The van der Waals surface area contributed by atoms with Crippen LogP contribution >= 0.6 is 11.8 Å². The Kier molecular flexibility index (Phi) is 6.75. The Morgan fingerprint density at radius 2 is 1.77 bits per heavy atom. The van der Waals surface area contributed by atoms with E-state index in [4.69, 9.17) is 4.74 Å². The van der Waals surface area contributed by atoms with E-state index in [2.05, 4.69) is 15.6 Å². The number of halogens is 1. The molecule has 0 unspecified atom stereocenters. The van der Waals surface area contributed by atoms with Gasteiger partial charge < -0.3 is 15.4 Å². The summed E-state index contributed by atoms with van der Waals surface area (Å²) in [5, 5.41) is 6.08. The molecule has 2 aliphatic rings. The maximum Gasteiger partial charge on any atom is 0.257 e. The molecular weight excluding hydrogens is 417 g/mol. The highest BCUT2D eigenvalue weighted by Crippen LogP contribution is 2.30. The Labute approximate surface area is 185 Å². The van der Waals surface area contributed by atoms with Crippen molar-refractivity contribution in [3.05, 3.63) is 47.9 Å². The fourth-order valence-corrected chi connectivity index (χ4v) is 4.21. The number of ether oxygens (including phenoxy) is 1. The molecule has 31 heavy (non-hydrogen) atoms. The number of hydrogen-bond acceptors (Lipinski definition) is 5. The maximum atomic E-state index is 13.8. The molecule has 8 heteroatoms. The van der Waals surface area contributed by atoms with Gasteiger partial charge in [0.15, 0.2) is 0 Å². The highest BCUT2D eigenvalue weighted by Gasteiger charge is 2.32. The minimum atomic E-state index is -0.595. The summed E-state index contributed by atoms with van der Waals surface area (Å²) in [4.78, 5) is 29.8. The van der Waals surface area contributed by atoms with Crippen molar-refractivity contribution in [1.29, 1.82) is 0 Å². The lowest BCUT2D eigenvalue weighted by Gasteiger charge is -2.29. The number of nitrogens with zero attached hydrogens (tertiary/aromatic N) is 1. The molecule has 0 spiro atoms.